The minimum absolute atomic E-state index is 0.0359. The van der Waals surface area contributed by atoms with E-state index >= 15 is 0 Å². The van der Waals surface area contributed by atoms with Gasteiger partial charge in [-0.05, 0) is 31.0 Å². The summed E-state index contributed by atoms with van der Waals surface area (Å²) in [6.45, 7) is 0.822. The zero-order valence-electron chi connectivity index (χ0n) is 11.5. The summed E-state index contributed by atoms with van der Waals surface area (Å²) in [5, 5.41) is 2.44. The number of carbonyl (C=O) groups excluding carboxylic acids is 1. The number of hydrogen-bond acceptors (Lipinski definition) is 4. The van der Waals surface area contributed by atoms with Crippen molar-refractivity contribution in [2.45, 2.75) is 19.3 Å². The molecule has 0 unspecified atom stereocenters. The first-order valence-corrected chi connectivity index (χ1v) is 8.32. The minimum Gasteiger partial charge on any atom is -0.399 e. The van der Waals surface area contributed by atoms with Gasteiger partial charge in [-0.25, -0.2) is 17.1 Å². The van der Waals surface area contributed by atoms with Crippen molar-refractivity contribution < 1.29 is 17.6 Å². The Kier molecular flexibility index (Phi) is 4.79. The van der Waals surface area contributed by atoms with Gasteiger partial charge in [0.2, 0.25) is 15.9 Å². The van der Waals surface area contributed by atoms with Gasteiger partial charge in [-0.1, -0.05) is 0 Å². The van der Waals surface area contributed by atoms with Crippen LogP contribution < -0.4 is 11.1 Å². The number of halogens is 1. The van der Waals surface area contributed by atoms with Crippen LogP contribution in [0.25, 0.3) is 0 Å². The second kappa shape index (κ2) is 6.40. The quantitative estimate of drug-likeness (QED) is 0.798. The lowest BCUT2D eigenvalue weighted by atomic mass is 10.2. The molecule has 0 bridgehead atoms. The molecule has 0 radical (unpaired) electrons. The highest BCUT2D eigenvalue weighted by Crippen LogP contribution is 2.18. The van der Waals surface area contributed by atoms with Crippen LogP contribution in [0.5, 0.6) is 0 Å². The third-order valence-electron chi connectivity index (χ3n) is 3.28. The molecule has 1 aromatic rings. The molecule has 2 rings (SSSR count). The van der Waals surface area contributed by atoms with Crippen LogP contribution in [0.15, 0.2) is 18.2 Å². The highest BCUT2D eigenvalue weighted by Gasteiger charge is 2.27. The van der Waals surface area contributed by atoms with Crippen LogP contribution >= 0.6 is 0 Å². The normalized spacial score (nSPS) is 17.8. The van der Waals surface area contributed by atoms with Gasteiger partial charge in [0.05, 0.1) is 11.4 Å². The van der Waals surface area contributed by atoms with Crippen molar-refractivity contribution in [2.75, 3.05) is 29.9 Å². The van der Waals surface area contributed by atoms with E-state index < -0.39 is 15.8 Å². The highest BCUT2D eigenvalue weighted by molar-refractivity contribution is 7.89. The smallest absolute Gasteiger partial charge is 0.224 e. The van der Waals surface area contributed by atoms with E-state index in [9.17, 15) is 17.6 Å². The zero-order chi connectivity index (χ0) is 15.5. The maximum atomic E-state index is 13.4. The fraction of sp³-hybridized carbons (Fsp3) is 0.462. The number of benzene rings is 1. The standard InChI is InChI=1S/C13H18FN3O3S/c14-11-5-4-10(15)9-12(11)16-13(18)3-1-6-17-7-2-8-21(17,19)20/h4-5,9H,1-3,6-8,15H2,(H,16,18). The van der Waals surface area contributed by atoms with Crippen molar-refractivity contribution in [3.8, 4) is 0 Å². The SMILES string of the molecule is Nc1ccc(F)c(NC(=O)CCCN2CCCS2(=O)=O)c1. The lowest BCUT2D eigenvalue weighted by molar-refractivity contribution is -0.116. The first-order valence-electron chi connectivity index (χ1n) is 6.71. The monoisotopic (exact) mass is 315 g/mol. The Hall–Kier alpha value is -1.67. The van der Waals surface area contributed by atoms with Crippen LogP contribution in [0.2, 0.25) is 0 Å². The van der Waals surface area contributed by atoms with Gasteiger partial charge >= 0.3 is 0 Å². The molecule has 0 aliphatic carbocycles. The number of anilines is 2. The molecule has 0 atom stereocenters. The van der Waals surface area contributed by atoms with Crippen LogP contribution in [0.4, 0.5) is 15.8 Å². The van der Waals surface area contributed by atoms with Crippen molar-refractivity contribution in [2.24, 2.45) is 0 Å². The summed E-state index contributed by atoms with van der Waals surface area (Å²) in [7, 11) is -3.13. The van der Waals surface area contributed by atoms with Crippen LogP contribution in [-0.2, 0) is 14.8 Å². The molecule has 0 spiro atoms. The van der Waals surface area contributed by atoms with E-state index in [-0.39, 0.29) is 23.8 Å². The van der Waals surface area contributed by atoms with Gasteiger partial charge in [0.25, 0.3) is 0 Å². The molecule has 1 amide bonds. The second-order valence-corrected chi connectivity index (χ2v) is 7.05. The maximum Gasteiger partial charge on any atom is 0.224 e. The molecule has 1 aliphatic heterocycles. The molecule has 1 aliphatic rings. The number of nitrogens with zero attached hydrogens (tertiary/aromatic N) is 1. The number of sulfonamides is 1. The third kappa shape index (κ3) is 4.15. The summed E-state index contributed by atoms with van der Waals surface area (Å²) in [6.07, 6.45) is 1.15. The Bertz CT molecular complexity index is 634. The average Bonchev–Trinajstić information content (AvgIpc) is 2.73. The van der Waals surface area contributed by atoms with Gasteiger partial charge in [0, 0.05) is 25.2 Å². The summed E-state index contributed by atoms with van der Waals surface area (Å²) in [6, 6.07) is 3.93. The predicted octanol–water partition coefficient (Wildman–Crippen LogP) is 1.16. The Morgan fingerprint density at radius 2 is 2.19 bits per heavy atom. The number of rotatable bonds is 5. The van der Waals surface area contributed by atoms with E-state index in [0.29, 0.717) is 31.6 Å². The number of amides is 1. The molecule has 21 heavy (non-hydrogen) atoms. The molecule has 1 fully saturated rings. The maximum absolute atomic E-state index is 13.4. The number of nitrogens with one attached hydrogen (secondary N) is 1. The van der Waals surface area contributed by atoms with E-state index in [2.05, 4.69) is 5.32 Å². The van der Waals surface area contributed by atoms with Crippen LogP contribution in [-0.4, -0.2) is 37.5 Å². The summed E-state index contributed by atoms with van der Waals surface area (Å²) >= 11 is 0. The van der Waals surface area contributed by atoms with Crippen molar-refractivity contribution in [3.05, 3.63) is 24.0 Å². The average molecular weight is 315 g/mol. The Morgan fingerprint density at radius 1 is 1.43 bits per heavy atom. The molecule has 3 N–H and O–H groups in total. The van der Waals surface area contributed by atoms with E-state index in [4.69, 9.17) is 5.73 Å². The first-order chi connectivity index (χ1) is 9.88. The topological polar surface area (TPSA) is 92.5 Å². The molecule has 1 heterocycles. The Balaban J connectivity index is 1.81. The number of nitrogens with two attached hydrogens (primary N) is 1. The van der Waals surface area contributed by atoms with Crippen molar-refractivity contribution >= 4 is 27.3 Å². The molecule has 0 saturated carbocycles. The molecule has 1 saturated heterocycles. The summed E-state index contributed by atoms with van der Waals surface area (Å²) in [5.41, 5.74) is 5.92. The van der Waals surface area contributed by atoms with Gasteiger partial charge < -0.3 is 11.1 Å². The van der Waals surface area contributed by atoms with Crippen molar-refractivity contribution in [1.82, 2.24) is 4.31 Å². The predicted molar refractivity (Wildman–Crippen MR) is 78.7 cm³/mol. The largest absolute Gasteiger partial charge is 0.399 e. The zero-order valence-corrected chi connectivity index (χ0v) is 12.3. The molecule has 116 valence electrons. The van der Waals surface area contributed by atoms with E-state index in [0.717, 1.165) is 0 Å². The van der Waals surface area contributed by atoms with Gasteiger partial charge in [-0.15, -0.1) is 0 Å². The molecule has 0 aromatic heterocycles. The minimum atomic E-state index is -3.13. The fourth-order valence-electron chi connectivity index (χ4n) is 2.21. The number of hydrogen-bond donors (Lipinski definition) is 2. The summed E-state index contributed by atoms with van der Waals surface area (Å²) in [5.74, 6) is -0.746. The summed E-state index contributed by atoms with van der Waals surface area (Å²) < 4.78 is 38.0. The molecule has 6 nitrogen and oxygen atoms in total. The highest BCUT2D eigenvalue weighted by atomic mass is 32.2. The second-order valence-electron chi connectivity index (χ2n) is 4.96. The molecule has 1 aromatic carbocycles. The first kappa shape index (κ1) is 15.7. The number of nitrogen functional groups attached to an aromatic ring is 1. The van der Waals surface area contributed by atoms with Gasteiger partial charge in [-0.2, -0.15) is 0 Å². The summed E-state index contributed by atoms with van der Waals surface area (Å²) in [4.78, 5) is 11.7. The fourth-order valence-corrected chi connectivity index (χ4v) is 3.78. The lowest BCUT2D eigenvalue weighted by Gasteiger charge is -2.13. The van der Waals surface area contributed by atoms with Crippen molar-refractivity contribution in [3.63, 3.8) is 0 Å². The molecule has 8 heteroatoms. The lowest BCUT2D eigenvalue weighted by Crippen LogP contribution is -2.27. The Morgan fingerprint density at radius 3 is 2.86 bits per heavy atom. The van der Waals surface area contributed by atoms with Crippen LogP contribution in [0, 0.1) is 5.82 Å². The van der Waals surface area contributed by atoms with E-state index in [1.807, 2.05) is 0 Å². The van der Waals surface area contributed by atoms with Crippen molar-refractivity contribution in [1.29, 1.82) is 0 Å². The number of carbonyl (C=O) groups is 1. The molecular weight excluding hydrogens is 297 g/mol. The van der Waals surface area contributed by atoms with Gasteiger partial charge in [0.15, 0.2) is 0 Å². The van der Waals surface area contributed by atoms with Gasteiger partial charge in [0.1, 0.15) is 5.82 Å². The Labute approximate surface area is 123 Å². The third-order valence-corrected chi connectivity index (χ3v) is 5.24. The van der Waals surface area contributed by atoms with Crippen LogP contribution in [0.1, 0.15) is 19.3 Å². The molecular formula is C13H18FN3O3S. The van der Waals surface area contributed by atoms with E-state index in [1.165, 1.54) is 22.5 Å². The van der Waals surface area contributed by atoms with E-state index in [1.54, 1.807) is 0 Å². The van der Waals surface area contributed by atoms with Gasteiger partial charge in [-0.3, -0.25) is 4.79 Å². The van der Waals surface area contributed by atoms with Crippen LogP contribution in [0.3, 0.4) is 0 Å².